The second-order valence-electron chi connectivity index (χ2n) is 8.32. The third kappa shape index (κ3) is 3.64. The molecular formula is C24H32N2S. The summed E-state index contributed by atoms with van der Waals surface area (Å²) in [6.45, 7) is 9.31. The fourth-order valence-corrected chi connectivity index (χ4v) is 5.96. The Morgan fingerprint density at radius 3 is 2.67 bits per heavy atom. The van der Waals surface area contributed by atoms with Gasteiger partial charge >= 0.3 is 0 Å². The van der Waals surface area contributed by atoms with Crippen molar-refractivity contribution in [2.45, 2.75) is 67.8 Å². The molecule has 1 fully saturated rings. The van der Waals surface area contributed by atoms with Gasteiger partial charge in [0.15, 0.2) is 0 Å². The van der Waals surface area contributed by atoms with E-state index in [0.29, 0.717) is 18.0 Å². The fraction of sp³-hybridized carbons (Fsp3) is 0.500. The first-order chi connectivity index (χ1) is 13.1. The number of fused-ring (bicyclic) bond motifs is 3. The zero-order valence-corrected chi connectivity index (χ0v) is 17.9. The zero-order valence-electron chi connectivity index (χ0n) is 17.1. The average molecular weight is 381 g/mol. The first-order valence-corrected chi connectivity index (χ1v) is 11.2. The van der Waals surface area contributed by atoms with Gasteiger partial charge in [0.05, 0.1) is 5.69 Å². The minimum Gasteiger partial charge on any atom is -0.370 e. The number of likely N-dealkylation sites (N-methyl/N-ethyl adjacent to an activating group) is 1. The van der Waals surface area contributed by atoms with Gasteiger partial charge in [0.25, 0.3) is 0 Å². The third-order valence-electron chi connectivity index (χ3n) is 6.47. The van der Waals surface area contributed by atoms with Crippen LogP contribution in [0.3, 0.4) is 0 Å². The quantitative estimate of drug-likeness (QED) is 0.633. The van der Waals surface area contributed by atoms with Crippen molar-refractivity contribution in [2.75, 3.05) is 25.0 Å². The Kier molecular flexibility index (Phi) is 5.52. The molecule has 2 aliphatic rings. The maximum absolute atomic E-state index is 2.73. The van der Waals surface area contributed by atoms with Gasteiger partial charge in [-0.15, -0.1) is 0 Å². The Morgan fingerprint density at radius 1 is 1.15 bits per heavy atom. The number of hydrogen-bond acceptors (Lipinski definition) is 3. The number of piperidine rings is 1. The Bertz CT molecular complexity index is 785. The van der Waals surface area contributed by atoms with Crippen LogP contribution in [0, 0.1) is 6.92 Å². The topological polar surface area (TPSA) is 6.48 Å². The summed E-state index contributed by atoms with van der Waals surface area (Å²) in [5, 5.41) is 0. The summed E-state index contributed by atoms with van der Waals surface area (Å²) in [5.41, 5.74) is 4.36. The van der Waals surface area contributed by atoms with E-state index >= 15 is 0 Å². The molecule has 27 heavy (non-hydrogen) atoms. The van der Waals surface area contributed by atoms with Crippen molar-refractivity contribution in [3.63, 3.8) is 0 Å². The second-order valence-corrected chi connectivity index (χ2v) is 9.43. The smallest absolute Gasteiger partial charge is 0.0544 e. The van der Waals surface area contributed by atoms with Gasteiger partial charge in [-0.1, -0.05) is 54.9 Å². The van der Waals surface area contributed by atoms with Crippen LogP contribution in [0.2, 0.25) is 0 Å². The minimum atomic E-state index is 0.650. The molecule has 1 unspecified atom stereocenters. The maximum Gasteiger partial charge on any atom is 0.0544 e. The molecule has 0 aromatic heterocycles. The van der Waals surface area contributed by atoms with E-state index in [1.54, 1.807) is 5.56 Å². The molecule has 2 aromatic carbocycles. The van der Waals surface area contributed by atoms with E-state index in [0.717, 1.165) is 0 Å². The highest BCUT2D eigenvalue weighted by molar-refractivity contribution is 7.99. The van der Waals surface area contributed by atoms with Gasteiger partial charge in [-0.05, 0) is 50.5 Å². The van der Waals surface area contributed by atoms with Crippen molar-refractivity contribution in [1.29, 1.82) is 0 Å². The number of benzene rings is 2. The summed E-state index contributed by atoms with van der Waals surface area (Å²) in [4.78, 5) is 8.04. The van der Waals surface area contributed by atoms with Gasteiger partial charge in [0, 0.05) is 47.9 Å². The van der Waals surface area contributed by atoms with Crippen LogP contribution in [0.15, 0.2) is 52.3 Å². The van der Waals surface area contributed by atoms with Crippen LogP contribution < -0.4 is 4.90 Å². The van der Waals surface area contributed by atoms with Crippen LogP contribution in [0.1, 0.15) is 50.2 Å². The number of hydrogen-bond donors (Lipinski definition) is 0. The number of likely N-dealkylation sites (tertiary alicyclic amines) is 1. The van der Waals surface area contributed by atoms with Crippen molar-refractivity contribution < 1.29 is 0 Å². The lowest BCUT2D eigenvalue weighted by molar-refractivity contribution is 0.142. The SMILES string of the molecule is CCCC(C)N1CC[C@@H]2[C@@H](C1)c1cccc(Sc3ccc(C)cc3)c1N2C. The monoisotopic (exact) mass is 380 g/mol. The van der Waals surface area contributed by atoms with E-state index in [9.17, 15) is 0 Å². The van der Waals surface area contributed by atoms with Crippen molar-refractivity contribution in [3.05, 3.63) is 53.6 Å². The van der Waals surface area contributed by atoms with E-state index in [1.165, 1.54) is 53.4 Å². The lowest BCUT2D eigenvalue weighted by atomic mass is 9.88. The minimum absolute atomic E-state index is 0.650. The van der Waals surface area contributed by atoms with E-state index in [1.807, 2.05) is 11.8 Å². The third-order valence-corrected chi connectivity index (χ3v) is 7.52. The number of aryl methyl sites for hydroxylation is 1. The predicted octanol–water partition coefficient (Wildman–Crippen LogP) is 5.94. The maximum atomic E-state index is 2.73. The molecular weight excluding hydrogens is 348 g/mol. The molecule has 0 amide bonds. The van der Waals surface area contributed by atoms with Crippen molar-refractivity contribution in [3.8, 4) is 0 Å². The van der Waals surface area contributed by atoms with E-state index < -0.39 is 0 Å². The molecule has 0 bridgehead atoms. The van der Waals surface area contributed by atoms with Crippen LogP contribution in [-0.2, 0) is 0 Å². The van der Waals surface area contributed by atoms with Crippen molar-refractivity contribution in [2.24, 2.45) is 0 Å². The first-order valence-electron chi connectivity index (χ1n) is 10.4. The lowest BCUT2D eigenvalue weighted by Gasteiger charge is -2.40. The van der Waals surface area contributed by atoms with Gasteiger partial charge < -0.3 is 4.90 Å². The summed E-state index contributed by atoms with van der Waals surface area (Å²) in [7, 11) is 2.31. The van der Waals surface area contributed by atoms with Crippen LogP contribution >= 0.6 is 11.8 Å². The lowest BCUT2D eigenvalue weighted by Crippen LogP contribution is -2.48. The highest BCUT2D eigenvalue weighted by Gasteiger charge is 2.42. The molecule has 144 valence electrons. The molecule has 0 N–H and O–H groups in total. The molecule has 3 heteroatoms. The molecule has 2 aromatic rings. The first kappa shape index (κ1) is 18.9. The van der Waals surface area contributed by atoms with Gasteiger partial charge in [-0.3, -0.25) is 4.90 Å². The van der Waals surface area contributed by atoms with Gasteiger partial charge in [-0.25, -0.2) is 0 Å². The number of anilines is 1. The predicted molar refractivity (Wildman–Crippen MR) is 117 cm³/mol. The van der Waals surface area contributed by atoms with Gasteiger partial charge in [-0.2, -0.15) is 0 Å². The summed E-state index contributed by atoms with van der Waals surface area (Å²) in [6.07, 6.45) is 3.86. The van der Waals surface area contributed by atoms with E-state index in [4.69, 9.17) is 0 Å². The molecule has 1 saturated heterocycles. The molecule has 0 spiro atoms. The largest absolute Gasteiger partial charge is 0.370 e. The number of para-hydroxylation sites is 1. The Morgan fingerprint density at radius 2 is 1.93 bits per heavy atom. The Hall–Kier alpha value is -1.45. The highest BCUT2D eigenvalue weighted by atomic mass is 32.2. The van der Waals surface area contributed by atoms with Crippen molar-refractivity contribution >= 4 is 17.4 Å². The van der Waals surface area contributed by atoms with E-state index in [-0.39, 0.29) is 0 Å². The van der Waals surface area contributed by atoms with Crippen LogP contribution in [0.25, 0.3) is 0 Å². The van der Waals surface area contributed by atoms with Crippen LogP contribution in [-0.4, -0.2) is 37.1 Å². The Balaban J connectivity index is 1.61. The summed E-state index contributed by atoms with van der Waals surface area (Å²) < 4.78 is 0. The second kappa shape index (κ2) is 7.89. The summed E-state index contributed by atoms with van der Waals surface area (Å²) in [6, 6.07) is 17.2. The molecule has 2 aliphatic heterocycles. The Labute approximate surface area is 168 Å². The molecule has 2 nitrogen and oxygen atoms in total. The molecule has 3 atom stereocenters. The van der Waals surface area contributed by atoms with E-state index in [2.05, 4.69) is 80.1 Å². The summed E-state index contributed by atoms with van der Waals surface area (Å²) in [5.74, 6) is 0.650. The van der Waals surface area contributed by atoms with Gasteiger partial charge in [0.1, 0.15) is 0 Å². The number of nitrogens with zero attached hydrogens (tertiary/aromatic N) is 2. The van der Waals surface area contributed by atoms with Crippen molar-refractivity contribution in [1.82, 2.24) is 4.90 Å². The molecule has 4 rings (SSSR count). The van der Waals surface area contributed by atoms with Crippen LogP contribution in [0.4, 0.5) is 5.69 Å². The number of rotatable bonds is 5. The zero-order chi connectivity index (χ0) is 19.0. The molecule has 2 heterocycles. The van der Waals surface area contributed by atoms with Crippen LogP contribution in [0.5, 0.6) is 0 Å². The molecule has 0 radical (unpaired) electrons. The normalized spacial score (nSPS) is 23.2. The van der Waals surface area contributed by atoms with Gasteiger partial charge in [0.2, 0.25) is 0 Å². The average Bonchev–Trinajstić information content (AvgIpc) is 2.97. The molecule has 0 aliphatic carbocycles. The highest BCUT2D eigenvalue weighted by Crippen LogP contribution is 2.49. The summed E-state index contributed by atoms with van der Waals surface area (Å²) >= 11 is 1.91. The fourth-order valence-electron chi connectivity index (χ4n) is 4.93. The standard InChI is InChI=1S/C24H32N2S/c1-5-7-18(3)26-15-14-22-21(16-26)20-8-6-9-23(24(20)25(22)4)27-19-12-10-17(2)11-13-19/h6,8-13,18,21-22H,5,7,14-16H2,1-4H3/t18?,21-,22+/m0/s1. The molecule has 0 saturated carbocycles.